The van der Waals surface area contributed by atoms with Gasteiger partial charge in [-0.2, -0.15) is 0 Å². The van der Waals surface area contributed by atoms with E-state index in [0.29, 0.717) is 0 Å². The van der Waals surface area contributed by atoms with Crippen molar-refractivity contribution in [2.45, 2.75) is 0 Å². The van der Waals surface area contributed by atoms with Gasteiger partial charge in [0, 0.05) is 12.7 Å². The van der Waals surface area contributed by atoms with Crippen molar-refractivity contribution in [1.29, 1.82) is 0 Å². The van der Waals surface area contributed by atoms with Crippen molar-refractivity contribution >= 4 is 28.3 Å². The quantitative estimate of drug-likeness (QED) is 0.441. The van der Waals surface area contributed by atoms with E-state index in [4.69, 9.17) is 0 Å². The molecular formula is C8H10IN. The summed E-state index contributed by atoms with van der Waals surface area (Å²) < 4.78 is 1.03. The highest BCUT2D eigenvalue weighted by molar-refractivity contribution is 14.1. The smallest absolute Gasteiger partial charge is 0.0696 e. The molecular weight excluding hydrogens is 237 g/mol. The van der Waals surface area contributed by atoms with Gasteiger partial charge in [-0.1, -0.05) is 40.8 Å². The SMILES string of the molecule is CN(CI)c1ccccc1. The molecule has 1 aromatic rings. The maximum atomic E-state index is 2.34. The number of anilines is 1. The minimum Gasteiger partial charge on any atom is -0.365 e. The zero-order chi connectivity index (χ0) is 7.40. The highest BCUT2D eigenvalue weighted by Gasteiger charge is 1.93. The first-order valence-electron chi connectivity index (χ1n) is 3.16. The summed E-state index contributed by atoms with van der Waals surface area (Å²) in [5.41, 5.74) is 1.27. The monoisotopic (exact) mass is 247 g/mol. The lowest BCUT2D eigenvalue weighted by Crippen LogP contribution is -2.12. The van der Waals surface area contributed by atoms with Crippen LogP contribution in [0.15, 0.2) is 30.3 Å². The minimum absolute atomic E-state index is 1.03. The molecule has 0 bridgehead atoms. The van der Waals surface area contributed by atoms with Crippen LogP contribution < -0.4 is 4.90 Å². The second-order valence-corrected chi connectivity index (χ2v) is 2.84. The fourth-order valence-corrected chi connectivity index (χ4v) is 1.15. The van der Waals surface area contributed by atoms with Gasteiger partial charge in [-0.15, -0.1) is 0 Å². The summed E-state index contributed by atoms with van der Waals surface area (Å²) in [7, 11) is 2.09. The summed E-state index contributed by atoms with van der Waals surface area (Å²) in [4.78, 5) is 2.19. The standard InChI is InChI=1S/C8H10IN/c1-10(7-9)8-5-3-2-4-6-8/h2-6H,7H2,1H3. The van der Waals surface area contributed by atoms with Crippen LogP contribution in [0.4, 0.5) is 5.69 Å². The van der Waals surface area contributed by atoms with E-state index in [9.17, 15) is 0 Å². The molecule has 0 aromatic heterocycles. The van der Waals surface area contributed by atoms with Gasteiger partial charge in [-0.25, -0.2) is 0 Å². The number of hydrogen-bond acceptors (Lipinski definition) is 1. The fraction of sp³-hybridized carbons (Fsp3) is 0.250. The predicted octanol–water partition coefficient (Wildman–Crippen LogP) is 2.52. The second kappa shape index (κ2) is 3.81. The van der Waals surface area contributed by atoms with Crippen molar-refractivity contribution in [3.05, 3.63) is 30.3 Å². The molecule has 0 unspecified atom stereocenters. The Morgan fingerprint density at radius 3 is 2.40 bits per heavy atom. The number of alkyl halides is 1. The van der Waals surface area contributed by atoms with Crippen LogP contribution >= 0.6 is 22.6 Å². The summed E-state index contributed by atoms with van der Waals surface area (Å²) in [6.45, 7) is 0. The van der Waals surface area contributed by atoms with Crippen molar-refractivity contribution in [1.82, 2.24) is 0 Å². The highest BCUT2D eigenvalue weighted by Crippen LogP contribution is 2.11. The molecule has 0 N–H and O–H groups in total. The van der Waals surface area contributed by atoms with E-state index >= 15 is 0 Å². The van der Waals surface area contributed by atoms with Crippen molar-refractivity contribution in [2.24, 2.45) is 0 Å². The summed E-state index contributed by atoms with van der Waals surface area (Å²) in [5.74, 6) is 0. The first-order chi connectivity index (χ1) is 4.84. The number of rotatable bonds is 2. The molecule has 2 heteroatoms. The lowest BCUT2D eigenvalue weighted by Gasteiger charge is -2.14. The molecule has 10 heavy (non-hydrogen) atoms. The molecule has 0 aliphatic carbocycles. The number of benzene rings is 1. The summed E-state index contributed by atoms with van der Waals surface area (Å²) in [6, 6.07) is 10.4. The van der Waals surface area contributed by atoms with E-state index < -0.39 is 0 Å². The van der Waals surface area contributed by atoms with Gasteiger partial charge in [-0.3, -0.25) is 0 Å². The van der Waals surface area contributed by atoms with Crippen LogP contribution in [0.25, 0.3) is 0 Å². The summed E-state index contributed by atoms with van der Waals surface area (Å²) in [6.07, 6.45) is 0. The second-order valence-electron chi connectivity index (χ2n) is 2.15. The minimum atomic E-state index is 1.03. The normalized spacial score (nSPS) is 9.40. The first kappa shape index (κ1) is 7.85. The molecule has 0 spiro atoms. The predicted molar refractivity (Wildman–Crippen MR) is 53.7 cm³/mol. The van der Waals surface area contributed by atoms with Gasteiger partial charge in [-0.05, 0) is 12.1 Å². The van der Waals surface area contributed by atoms with Crippen LogP contribution in [-0.2, 0) is 0 Å². The summed E-state index contributed by atoms with van der Waals surface area (Å²) >= 11 is 2.34. The largest absolute Gasteiger partial charge is 0.365 e. The molecule has 1 aromatic carbocycles. The van der Waals surface area contributed by atoms with Crippen LogP contribution in [0.3, 0.4) is 0 Å². The van der Waals surface area contributed by atoms with Gasteiger partial charge in [0.2, 0.25) is 0 Å². The fourth-order valence-electron chi connectivity index (χ4n) is 0.751. The molecule has 0 fully saturated rings. The van der Waals surface area contributed by atoms with Gasteiger partial charge >= 0.3 is 0 Å². The van der Waals surface area contributed by atoms with Crippen molar-refractivity contribution in [3.8, 4) is 0 Å². The molecule has 54 valence electrons. The molecule has 1 nitrogen and oxygen atoms in total. The van der Waals surface area contributed by atoms with Crippen molar-refractivity contribution < 1.29 is 0 Å². The number of hydrogen-bond donors (Lipinski definition) is 0. The summed E-state index contributed by atoms with van der Waals surface area (Å²) in [5, 5.41) is 0. The van der Waals surface area contributed by atoms with Gasteiger partial charge in [0.25, 0.3) is 0 Å². The number of nitrogens with zero attached hydrogens (tertiary/aromatic N) is 1. The number of halogens is 1. The van der Waals surface area contributed by atoms with Crippen LogP contribution in [0, 0.1) is 0 Å². The maximum absolute atomic E-state index is 2.34. The average molecular weight is 247 g/mol. The molecule has 0 saturated heterocycles. The van der Waals surface area contributed by atoms with E-state index in [1.165, 1.54) is 5.69 Å². The Kier molecular flexibility index (Phi) is 2.99. The van der Waals surface area contributed by atoms with Crippen molar-refractivity contribution in [2.75, 3.05) is 16.5 Å². The number of para-hydroxylation sites is 1. The van der Waals surface area contributed by atoms with E-state index in [2.05, 4.69) is 58.8 Å². The molecule has 0 saturated carbocycles. The van der Waals surface area contributed by atoms with Crippen LogP contribution in [-0.4, -0.2) is 11.6 Å². The maximum Gasteiger partial charge on any atom is 0.0696 e. The van der Waals surface area contributed by atoms with Crippen molar-refractivity contribution in [3.63, 3.8) is 0 Å². The van der Waals surface area contributed by atoms with Crippen LogP contribution in [0.1, 0.15) is 0 Å². The Balaban J connectivity index is 2.75. The highest BCUT2D eigenvalue weighted by atomic mass is 127. The van der Waals surface area contributed by atoms with E-state index in [1.54, 1.807) is 0 Å². The Morgan fingerprint density at radius 2 is 1.90 bits per heavy atom. The Labute approximate surface area is 75.2 Å². The zero-order valence-corrected chi connectivity index (χ0v) is 8.08. The van der Waals surface area contributed by atoms with E-state index in [-0.39, 0.29) is 0 Å². The lowest BCUT2D eigenvalue weighted by molar-refractivity contribution is 1.12. The molecule has 0 aliphatic rings. The lowest BCUT2D eigenvalue weighted by atomic mass is 10.3. The topological polar surface area (TPSA) is 3.24 Å². The molecule has 0 atom stereocenters. The molecule has 0 aliphatic heterocycles. The van der Waals surface area contributed by atoms with Crippen LogP contribution in [0.5, 0.6) is 0 Å². The molecule has 0 heterocycles. The van der Waals surface area contributed by atoms with Crippen LogP contribution in [0.2, 0.25) is 0 Å². The Morgan fingerprint density at radius 1 is 1.30 bits per heavy atom. The van der Waals surface area contributed by atoms with E-state index in [0.717, 1.165) is 4.55 Å². The molecule has 0 amide bonds. The van der Waals surface area contributed by atoms with Gasteiger partial charge in [0.15, 0.2) is 0 Å². The third-order valence-electron chi connectivity index (χ3n) is 1.38. The third kappa shape index (κ3) is 1.87. The van der Waals surface area contributed by atoms with Gasteiger partial charge in [0.05, 0.1) is 4.55 Å². The Hall–Kier alpha value is -0.250. The molecule has 0 radical (unpaired) electrons. The average Bonchev–Trinajstić information content (AvgIpc) is 2.05. The third-order valence-corrected chi connectivity index (χ3v) is 2.40. The Bertz CT molecular complexity index is 186. The molecule has 1 rings (SSSR count). The van der Waals surface area contributed by atoms with Gasteiger partial charge < -0.3 is 4.90 Å². The van der Waals surface area contributed by atoms with E-state index in [1.807, 2.05) is 6.07 Å². The first-order valence-corrected chi connectivity index (χ1v) is 4.69. The van der Waals surface area contributed by atoms with Gasteiger partial charge in [0.1, 0.15) is 0 Å². The zero-order valence-electron chi connectivity index (χ0n) is 5.92.